The number of benzene rings is 1. The van der Waals surface area contributed by atoms with Gasteiger partial charge in [0.15, 0.2) is 0 Å². The van der Waals surface area contributed by atoms with Crippen LogP contribution < -0.4 is 10.0 Å². The third-order valence-corrected chi connectivity index (χ3v) is 5.46. The molecule has 3 aromatic rings. The summed E-state index contributed by atoms with van der Waals surface area (Å²) in [7, 11) is -4.03. The quantitative estimate of drug-likeness (QED) is 0.580. The van der Waals surface area contributed by atoms with Gasteiger partial charge in [0.2, 0.25) is 10.0 Å². The third-order valence-electron chi connectivity index (χ3n) is 4.02. The van der Waals surface area contributed by atoms with Crippen LogP contribution >= 0.6 is 0 Å². The van der Waals surface area contributed by atoms with E-state index in [1.165, 1.54) is 6.33 Å². The lowest BCUT2D eigenvalue weighted by Gasteiger charge is -2.10. The van der Waals surface area contributed by atoms with Crippen LogP contribution in [0.15, 0.2) is 41.8 Å². The molecule has 8 nitrogen and oxygen atoms in total. The zero-order valence-electron chi connectivity index (χ0n) is 15.1. The van der Waals surface area contributed by atoms with E-state index in [1.54, 1.807) is 12.4 Å². The maximum absolute atomic E-state index is 13.2. The Labute approximate surface area is 160 Å². The van der Waals surface area contributed by atoms with Crippen molar-refractivity contribution < 1.29 is 17.2 Å². The molecule has 0 fully saturated rings. The molecule has 2 N–H and O–H groups in total. The summed E-state index contributed by atoms with van der Waals surface area (Å²) in [5.74, 6) is -0.813. The molecule has 0 aliphatic carbocycles. The number of rotatable bonds is 7. The summed E-state index contributed by atoms with van der Waals surface area (Å²) < 4.78 is 54.7. The number of aryl methyl sites for hydroxylation is 1. The second kappa shape index (κ2) is 7.98. The van der Waals surface area contributed by atoms with Crippen molar-refractivity contribution in [3.05, 3.63) is 59.9 Å². The van der Waals surface area contributed by atoms with E-state index in [0.29, 0.717) is 17.7 Å². The molecule has 0 aliphatic rings. The summed E-state index contributed by atoms with van der Waals surface area (Å²) in [6.45, 7) is 4.00. The first-order valence-corrected chi connectivity index (χ1v) is 9.77. The van der Waals surface area contributed by atoms with Crippen LogP contribution in [0.3, 0.4) is 0 Å². The van der Waals surface area contributed by atoms with Crippen LogP contribution in [0.1, 0.15) is 11.4 Å². The Morgan fingerprint density at radius 2 is 1.71 bits per heavy atom. The molecule has 2 heterocycles. The Morgan fingerprint density at radius 3 is 2.36 bits per heavy atom. The first-order valence-electron chi connectivity index (χ1n) is 8.29. The number of nitrogens with one attached hydrogen (secondary N) is 2. The van der Waals surface area contributed by atoms with Crippen molar-refractivity contribution in [1.82, 2.24) is 24.2 Å². The Hall–Kier alpha value is -2.92. The fourth-order valence-electron chi connectivity index (χ4n) is 2.45. The van der Waals surface area contributed by atoms with Gasteiger partial charge < -0.3 is 5.32 Å². The Morgan fingerprint density at radius 1 is 1.00 bits per heavy atom. The largest absolute Gasteiger partial charge is 0.369 e. The molecule has 1 aromatic carbocycles. The molecule has 0 unspecified atom stereocenters. The zero-order valence-corrected chi connectivity index (χ0v) is 16.0. The van der Waals surface area contributed by atoms with Gasteiger partial charge in [0.1, 0.15) is 35.9 Å². The van der Waals surface area contributed by atoms with Crippen LogP contribution in [0.5, 0.6) is 0 Å². The van der Waals surface area contributed by atoms with Crippen molar-refractivity contribution in [2.45, 2.75) is 18.7 Å². The SMILES string of the molecule is Cc1ncn(-c2cc(NCCNS(=O)(=O)c3cc(F)cc(F)c3)ncn2)c1C. The molecular weight excluding hydrogens is 390 g/mol. The van der Waals surface area contributed by atoms with E-state index in [1.807, 2.05) is 18.4 Å². The second-order valence-corrected chi connectivity index (χ2v) is 7.74. The van der Waals surface area contributed by atoms with Crippen LogP contribution in [0.4, 0.5) is 14.6 Å². The highest BCUT2D eigenvalue weighted by Gasteiger charge is 2.16. The number of aromatic nitrogens is 4. The summed E-state index contributed by atoms with van der Waals surface area (Å²) in [6, 6.07) is 3.82. The maximum atomic E-state index is 13.2. The van der Waals surface area contributed by atoms with E-state index in [2.05, 4.69) is 25.0 Å². The molecule has 0 spiro atoms. The first kappa shape index (κ1) is 19.8. The standard InChI is InChI=1S/C17H18F2N6O2S/c1-11-12(2)25(10-23-11)17-8-16(21-9-22-17)20-3-4-24-28(26,27)15-6-13(18)5-14(19)7-15/h5-10,24H,3-4H2,1-2H3,(H,20,21,22). The molecule has 0 saturated carbocycles. The van der Waals surface area contributed by atoms with Gasteiger partial charge in [-0.25, -0.2) is 36.9 Å². The van der Waals surface area contributed by atoms with Crippen molar-refractivity contribution in [2.24, 2.45) is 0 Å². The molecule has 0 amide bonds. The molecule has 0 bridgehead atoms. The number of nitrogens with zero attached hydrogens (tertiary/aromatic N) is 4. The van der Waals surface area contributed by atoms with Gasteiger partial charge in [0, 0.05) is 30.9 Å². The lowest BCUT2D eigenvalue weighted by Crippen LogP contribution is -2.29. The summed E-state index contributed by atoms with van der Waals surface area (Å²) in [4.78, 5) is 12.0. The topological polar surface area (TPSA) is 102 Å². The average Bonchev–Trinajstić information content (AvgIpc) is 2.97. The van der Waals surface area contributed by atoms with E-state index < -0.39 is 26.6 Å². The van der Waals surface area contributed by atoms with E-state index in [0.717, 1.165) is 23.5 Å². The summed E-state index contributed by atoms with van der Waals surface area (Å²) in [5.41, 5.74) is 1.83. The van der Waals surface area contributed by atoms with Crippen molar-refractivity contribution in [2.75, 3.05) is 18.4 Å². The van der Waals surface area contributed by atoms with Gasteiger partial charge >= 0.3 is 0 Å². The van der Waals surface area contributed by atoms with Gasteiger partial charge in [-0.15, -0.1) is 0 Å². The van der Waals surface area contributed by atoms with E-state index >= 15 is 0 Å². The minimum Gasteiger partial charge on any atom is -0.369 e. The van der Waals surface area contributed by atoms with Crippen LogP contribution in [-0.2, 0) is 10.0 Å². The van der Waals surface area contributed by atoms with E-state index in [4.69, 9.17) is 0 Å². The van der Waals surface area contributed by atoms with Gasteiger partial charge in [-0.05, 0) is 26.0 Å². The van der Waals surface area contributed by atoms with E-state index in [-0.39, 0.29) is 13.1 Å². The molecule has 0 saturated heterocycles. The smallest absolute Gasteiger partial charge is 0.240 e. The number of sulfonamides is 1. The predicted octanol–water partition coefficient (Wildman–Crippen LogP) is 1.95. The maximum Gasteiger partial charge on any atom is 0.240 e. The molecular formula is C17H18F2N6O2S. The number of imidazole rings is 1. The summed E-state index contributed by atoms with van der Waals surface area (Å²) >= 11 is 0. The fraction of sp³-hybridized carbons (Fsp3) is 0.235. The van der Waals surface area contributed by atoms with Gasteiger partial charge in [0.25, 0.3) is 0 Å². The normalized spacial score (nSPS) is 11.6. The Bertz CT molecular complexity index is 1080. The van der Waals surface area contributed by atoms with Crippen molar-refractivity contribution in [1.29, 1.82) is 0 Å². The van der Waals surface area contributed by atoms with Crippen LogP contribution in [0.25, 0.3) is 5.82 Å². The highest BCUT2D eigenvalue weighted by Crippen LogP contribution is 2.14. The molecule has 148 valence electrons. The van der Waals surface area contributed by atoms with Gasteiger partial charge in [-0.3, -0.25) is 4.57 Å². The van der Waals surface area contributed by atoms with Crippen LogP contribution in [-0.4, -0.2) is 41.0 Å². The van der Waals surface area contributed by atoms with Crippen molar-refractivity contribution >= 4 is 15.8 Å². The van der Waals surface area contributed by atoms with Gasteiger partial charge in [-0.2, -0.15) is 0 Å². The first-order chi connectivity index (χ1) is 13.3. The highest BCUT2D eigenvalue weighted by atomic mass is 32.2. The van der Waals surface area contributed by atoms with E-state index in [9.17, 15) is 17.2 Å². The molecule has 0 aliphatic heterocycles. The highest BCUT2D eigenvalue weighted by molar-refractivity contribution is 7.89. The number of hydrogen-bond acceptors (Lipinski definition) is 6. The van der Waals surface area contributed by atoms with Gasteiger partial charge in [0.05, 0.1) is 10.6 Å². The van der Waals surface area contributed by atoms with Gasteiger partial charge in [-0.1, -0.05) is 0 Å². The molecule has 0 radical (unpaired) electrons. The lowest BCUT2D eigenvalue weighted by molar-refractivity contribution is 0.562. The molecule has 28 heavy (non-hydrogen) atoms. The lowest BCUT2D eigenvalue weighted by atomic mass is 10.3. The Balaban J connectivity index is 1.61. The fourth-order valence-corrected chi connectivity index (χ4v) is 3.52. The minimum atomic E-state index is -4.03. The molecule has 3 rings (SSSR count). The zero-order chi connectivity index (χ0) is 20.3. The Kier molecular flexibility index (Phi) is 5.66. The second-order valence-electron chi connectivity index (χ2n) is 5.98. The third kappa shape index (κ3) is 4.49. The van der Waals surface area contributed by atoms with Crippen molar-refractivity contribution in [3.63, 3.8) is 0 Å². The molecule has 11 heteroatoms. The number of hydrogen-bond donors (Lipinski definition) is 2. The predicted molar refractivity (Wildman–Crippen MR) is 98.7 cm³/mol. The minimum absolute atomic E-state index is 0.0109. The average molecular weight is 408 g/mol. The monoisotopic (exact) mass is 408 g/mol. The van der Waals surface area contributed by atoms with Crippen LogP contribution in [0, 0.1) is 25.5 Å². The van der Waals surface area contributed by atoms with Crippen LogP contribution in [0.2, 0.25) is 0 Å². The number of halogens is 2. The number of anilines is 1. The summed E-state index contributed by atoms with van der Waals surface area (Å²) in [5, 5.41) is 2.97. The van der Waals surface area contributed by atoms with Crippen molar-refractivity contribution in [3.8, 4) is 5.82 Å². The molecule has 2 aromatic heterocycles. The molecule has 0 atom stereocenters. The summed E-state index contributed by atoms with van der Waals surface area (Å²) in [6.07, 6.45) is 3.04.